The van der Waals surface area contributed by atoms with Gasteiger partial charge in [0.25, 0.3) is 0 Å². The van der Waals surface area contributed by atoms with Gasteiger partial charge in [0.05, 0.1) is 12.0 Å². The first-order valence-electron chi connectivity index (χ1n) is 7.38. The molecule has 0 atom stereocenters. The van der Waals surface area contributed by atoms with Crippen LogP contribution in [0.4, 0.5) is 0 Å². The molecule has 0 saturated heterocycles. The lowest BCUT2D eigenvalue weighted by molar-refractivity contribution is -0.132. The highest BCUT2D eigenvalue weighted by Crippen LogP contribution is 2.35. The number of nitrogens with two attached hydrogens (primary N) is 1. The minimum atomic E-state index is -0.412. The number of nitrogens with one attached hydrogen (secondary N) is 2. The molecule has 6 nitrogen and oxygen atoms in total. The number of ether oxygens (including phenoxy) is 1. The van der Waals surface area contributed by atoms with Crippen LogP contribution in [0.3, 0.4) is 0 Å². The molecule has 0 heterocycles. The molecule has 0 unspecified atom stereocenters. The van der Waals surface area contributed by atoms with E-state index in [-0.39, 0.29) is 18.2 Å². The summed E-state index contributed by atoms with van der Waals surface area (Å²) in [6.07, 6.45) is 5.29. The first-order chi connectivity index (χ1) is 9.64. The van der Waals surface area contributed by atoms with Crippen molar-refractivity contribution in [2.24, 2.45) is 11.1 Å². The zero-order chi connectivity index (χ0) is 14.8. The summed E-state index contributed by atoms with van der Waals surface area (Å²) in [6, 6.07) is 0. The van der Waals surface area contributed by atoms with Gasteiger partial charge in [0.2, 0.25) is 11.8 Å². The maximum atomic E-state index is 12.3. The number of amides is 2. The van der Waals surface area contributed by atoms with Gasteiger partial charge in [0, 0.05) is 33.2 Å². The van der Waals surface area contributed by atoms with E-state index in [1.807, 2.05) is 0 Å². The zero-order valence-electron chi connectivity index (χ0n) is 12.4. The van der Waals surface area contributed by atoms with E-state index < -0.39 is 5.41 Å². The lowest BCUT2D eigenvalue weighted by Crippen LogP contribution is -2.47. The van der Waals surface area contributed by atoms with Gasteiger partial charge >= 0.3 is 0 Å². The highest BCUT2D eigenvalue weighted by Gasteiger charge is 2.37. The molecule has 0 spiro atoms. The van der Waals surface area contributed by atoms with Crippen molar-refractivity contribution in [3.05, 3.63) is 0 Å². The lowest BCUT2D eigenvalue weighted by Gasteiger charge is -2.34. The van der Waals surface area contributed by atoms with Gasteiger partial charge in [0.1, 0.15) is 0 Å². The van der Waals surface area contributed by atoms with E-state index in [1.54, 1.807) is 7.11 Å². The molecule has 1 saturated carbocycles. The van der Waals surface area contributed by atoms with Gasteiger partial charge in [-0.05, 0) is 12.8 Å². The van der Waals surface area contributed by atoms with Crippen LogP contribution >= 0.6 is 0 Å². The van der Waals surface area contributed by atoms with Crippen LogP contribution in [0.5, 0.6) is 0 Å². The Hall–Kier alpha value is -1.14. The molecule has 1 fully saturated rings. The molecule has 116 valence electrons. The quantitative estimate of drug-likeness (QED) is 0.554. The molecule has 0 radical (unpaired) electrons. The molecular weight excluding hydrogens is 258 g/mol. The van der Waals surface area contributed by atoms with E-state index in [2.05, 4.69) is 10.6 Å². The van der Waals surface area contributed by atoms with Gasteiger partial charge in [0.15, 0.2) is 0 Å². The van der Waals surface area contributed by atoms with E-state index in [1.165, 1.54) is 6.42 Å². The summed E-state index contributed by atoms with van der Waals surface area (Å²) < 4.78 is 4.84. The zero-order valence-corrected chi connectivity index (χ0v) is 12.4. The Labute approximate surface area is 120 Å². The highest BCUT2D eigenvalue weighted by molar-refractivity contribution is 5.83. The number of carbonyl (C=O) groups is 2. The normalized spacial score (nSPS) is 17.5. The van der Waals surface area contributed by atoms with Crippen LogP contribution in [-0.2, 0) is 14.3 Å². The van der Waals surface area contributed by atoms with Gasteiger partial charge < -0.3 is 21.1 Å². The van der Waals surface area contributed by atoms with Crippen LogP contribution < -0.4 is 16.4 Å². The maximum Gasteiger partial charge on any atom is 0.227 e. The van der Waals surface area contributed by atoms with Crippen LogP contribution in [0.25, 0.3) is 0 Å². The van der Waals surface area contributed by atoms with Crippen molar-refractivity contribution in [1.29, 1.82) is 0 Å². The molecule has 0 bridgehead atoms. The standard InChI is InChI=1S/C14H27N3O3/c1-20-10-9-16-12(18)5-8-17-13(19)14(11-15)6-3-2-4-7-14/h2-11,15H2,1H3,(H,16,18)(H,17,19). The second-order valence-corrected chi connectivity index (χ2v) is 5.39. The molecule has 20 heavy (non-hydrogen) atoms. The van der Waals surface area contributed by atoms with Crippen LogP contribution in [0.2, 0.25) is 0 Å². The van der Waals surface area contributed by atoms with Gasteiger partial charge in [-0.3, -0.25) is 9.59 Å². The summed E-state index contributed by atoms with van der Waals surface area (Å²) in [7, 11) is 1.59. The summed E-state index contributed by atoms with van der Waals surface area (Å²) in [6.45, 7) is 1.74. The SMILES string of the molecule is COCCNC(=O)CCNC(=O)C1(CN)CCCCC1. The maximum absolute atomic E-state index is 12.3. The largest absolute Gasteiger partial charge is 0.383 e. The molecule has 6 heteroatoms. The van der Waals surface area contributed by atoms with Crippen molar-refractivity contribution in [2.75, 3.05) is 33.4 Å². The van der Waals surface area contributed by atoms with Gasteiger partial charge in [-0.25, -0.2) is 0 Å². The Morgan fingerprint density at radius 2 is 1.85 bits per heavy atom. The first-order valence-corrected chi connectivity index (χ1v) is 7.38. The monoisotopic (exact) mass is 285 g/mol. The van der Waals surface area contributed by atoms with Crippen molar-refractivity contribution >= 4 is 11.8 Å². The van der Waals surface area contributed by atoms with E-state index in [4.69, 9.17) is 10.5 Å². The topological polar surface area (TPSA) is 93.5 Å². The van der Waals surface area contributed by atoms with Crippen molar-refractivity contribution in [1.82, 2.24) is 10.6 Å². The van der Waals surface area contributed by atoms with E-state index in [9.17, 15) is 9.59 Å². The average molecular weight is 285 g/mol. The van der Waals surface area contributed by atoms with Gasteiger partial charge in [-0.2, -0.15) is 0 Å². The van der Waals surface area contributed by atoms with Crippen LogP contribution in [0.15, 0.2) is 0 Å². The molecule has 2 amide bonds. The summed E-state index contributed by atoms with van der Waals surface area (Å²) in [5.74, 6) is -0.0721. The number of carbonyl (C=O) groups excluding carboxylic acids is 2. The fourth-order valence-electron chi connectivity index (χ4n) is 2.61. The summed E-state index contributed by atoms with van der Waals surface area (Å²) in [5, 5.41) is 5.57. The van der Waals surface area contributed by atoms with Gasteiger partial charge in [-0.1, -0.05) is 19.3 Å². The second kappa shape index (κ2) is 8.92. The minimum Gasteiger partial charge on any atom is -0.383 e. The molecule has 0 aromatic carbocycles. The molecule has 1 aliphatic rings. The Morgan fingerprint density at radius 1 is 1.15 bits per heavy atom. The van der Waals surface area contributed by atoms with Gasteiger partial charge in [-0.15, -0.1) is 0 Å². The second-order valence-electron chi connectivity index (χ2n) is 5.39. The predicted molar refractivity (Wildman–Crippen MR) is 77.1 cm³/mol. The van der Waals surface area contributed by atoms with E-state index >= 15 is 0 Å². The fraction of sp³-hybridized carbons (Fsp3) is 0.857. The van der Waals surface area contributed by atoms with Crippen LogP contribution in [0.1, 0.15) is 38.5 Å². The van der Waals surface area contributed by atoms with Crippen molar-refractivity contribution in [2.45, 2.75) is 38.5 Å². The average Bonchev–Trinajstić information content (AvgIpc) is 2.48. The van der Waals surface area contributed by atoms with Crippen molar-refractivity contribution < 1.29 is 14.3 Å². The molecule has 4 N–H and O–H groups in total. The molecule has 1 aliphatic carbocycles. The molecule has 0 aromatic rings. The third-order valence-corrected chi connectivity index (χ3v) is 3.95. The third kappa shape index (κ3) is 5.09. The Morgan fingerprint density at radius 3 is 2.45 bits per heavy atom. The fourth-order valence-corrected chi connectivity index (χ4v) is 2.61. The Kier molecular flexibility index (Phi) is 7.54. The number of methoxy groups -OCH3 is 1. The number of rotatable bonds is 8. The smallest absolute Gasteiger partial charge is 0.227 e. The van der Waals surface area contributed by atoms with Crippen LogP contribution in [-0.4, -0.2) is 45.2 Å². The Balaban J connectivity index is 2.26. The minimum absolute atomic E-state index is 0.00407. The number of hydrogen-bond donors (Lipinski definition) is 3. The first kappa shape index (κ1) is 16.9. The molecule has 0 aromatic heterocycles. The van der Waals surface area contributed by atoms with Crippen molar-refractivity contribution in [3.63, 3.8) is 0 Å². The van der Waals surface area contributed by atoms with E-state index in [0.717, 1.165) is 25.7 Å². The Bertz CT molecular complexity index is 315. The highest BCUT2D eigenvalue weighted by atomic mass is 16.5. The molecule has 1 rings (SSSR count). The lowest BCUT2D eigenvalue weighted by atomic mass is 9.73. The molecular formula is C14H27N3O3. The number of hydrogen-bond acceptors (Lipinski definition) is 4. The van der Waals surface area contributed by atoms with Crippen LogP contribution in [0, 0.1) is 5.41 Å². The predicted octanol–water partition coefficient (Wildman–Crippen LogP) is 0.165. The summed E-state index contributed by atoms with van der Waals surface area (Å²) in [5.41, 5.74) is 5.39. The molecule has 0 aliphatic heterocycles. The van der Waals surface area contributed by atoms with Crippen molar-refractivity contribution in [3.8, 4) is 0 Å². The van der Waals surface area contributed by atoms with E-state index in [0.29, 0.717) is 26.2 Å². The summed E-state index contributed by atoms with van der Waals surface area (Å²) in [4.78, 5) is 23.7. The summed E-state index contributed by atoms with van der Waals surface area (Å²) >= 11 is 0. The third-order valence-electron chi connectivity index (χ3n) is 3.95.